The molecule has 0 saturated carbocycles. The number of ether oxygens (including phenoxy) is 1. The Bertz CT molecular complexity index is 595. The van der Waals surface area contributed by atoms with E-state index in [1.165, 1.54) is 0 Å². The minimum atomic E-state index is -0.192. The fourth-order valence-electron chi connectivity index (χ4n) is 1.68. The highest BCUT2D eigenvalue weighted by Crippen LogP contribution is 2.26. The Morgan fingerprint density at radius 2 is 2.32 bits per heavy atom. The van der Waals surface area contributed by atoms with Gasteiger partial charge in [0.25, 0.3) is 5.91 Å². The van der Waals surface area contributed by atoms with Gasteiger partial charge in [0, 0.05) is 11.1 Å². The van der Waals surface area contributed by atoms with Gasteiger partial charge < -0.3 is 10.1 Å². The van der Waals surface area contributed by atoms with Crippen LogP contribution in [0.4, 0.5) is 5.82 Å². The molecule has 0 radical (unpaired) electrons. The van der Waals surface area contributed by atoms with E-state index in [4.69, 9.17) is 4.74 Å². The van der Waals surface area contributed by atoms with Crippen LogP contribution in [0.25, 0.3) is 0 Å². The number of aromatic nitrogens is 2. The summed E-state index contributed by atoms with van der Waals surface area (Å²) in [5.41, 5.74) is 1.52. The number of anilines is 1. The van der Waals surface area contributed by atoms with E-state index < -0.39 is 0 Å². The van der Waals surface area contributed by atoms with E-state index in [-0.39, 0.29) is 5.91 Å². The van der Waals surface area contributed by atoms with Crippen LogP contribution in [0.2, 0.25) is 0 Å². The molecule has 2 rings (SSSR count). The van der Waals surface area contributed by atoms with Crippen molar-refractivity contribution in [1.82, 2.24) is 10.2 Å². The largest absolute Gasteiger partial charge is 0.496 e. The molecule has 0 saturated heterocycles. The molecule has 100 valence electrons. The predicted molar refractivity (Wildman–Crippen MR) is 76.6 cm³/mol. The van der Waals surface area contributed by atoms with Gasteiger partial charge in [-0.15, -0.1) is 0 Å². The Hall–Kier alpha value is -1.82. The number of carbonyl (C=O) groups excluding carboxylic acids is 1. The molecule has 1 aromatic carbocycles. The quantitative estimate of drug-likeness (QED) is 0.908. The molecule has 0 aliphatic rings. The van der Waals surface area contributed by atoms with E-state index in [2.05, 4.69) is 31.4 Å². The van der Waals surface area contributed by atoms with Crippen molar-refractivity contribution in [1.29, 1.82) is 0 Å². The van der Waals surface area contributed by atoms with Crippen molar-refractivity contribution < 1.29 is 9.53 Å². The number of amides is 1. The monoisotopic (exact) mass is 323 g/mol. The standard InChI is InChI=1S/C13H14BrN3O2/c1-3-8-7-15-17-12(8)16-13(18)9-4-5-11(19-2)10(14)6-9/h4-7H,3H2,1-2H3,(H2,15,16,17,18). The number of nitrogens with one attached hydrogen (secondary N) is 2. The van der Waals surface area contributed by atoms with Crippen molar-refractivity contribution in [2.75, 3.05) is 12.4 Å². The third-order valence-electron chi connectivity index (χ3n) is 2.75. The highest BCUT2D eigenvalue weighted by Gasteiger charge is 2.11. The zero-order valence-corrected chi connectivity index (χ0v) is 12.2. The maximum Gasteiger partial charge on any atom is 0.256 e. The second kappa shape index (κ2) is 5.88. The Morgan fingerprint density at radius 3 is 2.95 bits per heavy atom. The first-order valence-corrected chi connectivity index (χ1v) is 6.62. The molecular formula is C13H14BrN3O2. The minimum Gasteiger partial charge on any atom is -0.496 e. The lowest BCUT2D eigenvalue weighted by molar-refractivity contribution is 0.102. The maximum atomic E-state index is 12.1. The predicted octanol–water partition coefficient (Wildman–Crippen LogP) is 3.00. The van der Waals surface area contributed by atoms with Gasteiger partial charge in [0.1, 0.15) is 11.6 Å². The SMILES string of the molecule is CCc1cn[nH]c1NC(=O)c1ccc(OC)c(Br)c1. The number of nitrogens with zero attached hydrogens (tertiary/aromatic N) is 1. The molecule has 0 atom stereocenters. The summed E-state index contributed by atoms with van der Waals surface area (Å²) < 4.78 is 5.87. The first-order valence-electron chi connectivity index (χ1n) is 5.82. The van der Waals surface area contributed by atoms with Crippen LogP contribution in [0, 0.1) is 0 Å². The Balaban J connectivity index is 2.18. The zero-order valence-electron chi connectivity index (χ0n) is 10.7. The van der Waals surface area contributed by atoms with E-state index in [0.717, 1.165) is 16.5 Å². The van der Waals surface area contributed by atoms with E-state index >= 15 is 0 Å². The molecule has 0 aliphatic carbocycles. The van der Waals surface area contributed by atoms with Crippen LogP contribution < -0.4 is 10.1 Å². The summed E-state index contributed by atoms with van der Waals surface area (Å²) in [5, 5.41) is 9.50. The lowest BCUT2D eigenvalue weighted by Crippen LogP contribution is -2.13. The molecular weight excluding hydrogens is 310 g/mol. The highest BCUT2D eigenvalue weighted by molar-refractivity contribution is 9.10. The first-order chi connectivity index (χ1) is 9.15. The number of aromatic amines is 1. The molecule has 0 unspecified atom stereocenters. The molecule has 2 aromatic rings. The number of carbonyl (C=O) groups is 1. The van der Waals surface area contributed by atoms with E-state index in [1.54, 1.807) is 31.5 Å². The van der Waals surface area contributed by atoms with Crippen molar-refractivity contribution in [3.63, 3.8) is 0 Å². The van der Waals surface area contributed by atoms with Crippen LogP contribution in [-0.2, 0) is 6.42 Å². The number of aryl methyl sites for hydroxylation is 1. The second-order valence-corrected chi connectivity index (χ2v) is 4.78. The van der Waals surface area contributed by atoms with Crippen molar-refractivity contribution in [3.05, 3.63) is 40.0 Å². The zero-order chi connectivity index (χ0) is 13.8. The van der Waals surface area contributed by atoms with Crippen molar-refractivity contribution in [3.8, 4) is 5.75 Å². The summed E-state index contributed by atoms with van der Waals surface area (Å²) in [6.45, 7) is 2.00. The fourth-order valence-corrected chi connectivity index (χ4v) is 2.22. The number of H-pyrrole nitrogens is 1. The second-order valence-electron chi connectivity index (χ2n) is 3.93. The van der Waals surface area contributed by atoms with Gasteiger partial charge in [0.2, 0.25) is 0 Å². The van der Waals surface area contributed by atoms with E-state index in [0.29, 0.717) is 17.1 Å². The Labute approximate surface area is 119 Å². The van der Waals surface area contributed by atoms with Crippen molar-refractivity contribution >= 4 is 27.7 Å². The fraction of sp³-hybridized carbons (Fsp3) is 0.231. The van der Waals surface area contributed by atoms with E-state index in [9.17, 15) is 4.79 Å². The molecule has 1 heterocycles. The van der Waals surface area contributed by atoms with E-state index in [1.807, 2.05) is 6.92 Å². The number of rotatable bonds is 4. The van der Waals surface area contributed by atoms with Gasteiger partial charge in [-0.05, 0) is 40.5 Å². The summed E-state index contributed by atoms with van der Waals surface area (Å²) in [5.74, 6) is 1.13. The normalized spacial score (nSPS) is 10.3. The van der Waals surface area contributed by atoms with Gasteiger partial charge in [0.15, 0.2) is 0 Å². The van der Waals surface area contributed by atoms with Crippen LogP contribution in [-0.4, -0.2) is 23.2 Å². The molecule has 5 nitrogen and oxygen atoms in total. The van der Waals surface area contributed by atoms with Gasteiger partial charge >= 0.3 is 0 Å². The first kappa shape index (κ1) is 13.6. The van der Waals surface area contributed by atoms with Gasteiger partial charge in [0.05, 0.1) is 17.8 Å². The molecule has 1 amide bonds. The van der Waals surface area contributed by atoms with Gasteiger partial charge in [-0.25, -0.2) is 0 Å². The molecule has 0 spiro atoms. The topological polar surface area (TPSA) is 67.0 Å². The number of benzene rings is 1. The Kier molecular flexibility index (Phi) is 4.21. The smallest absolute Gasteiger partial charge is 0.256 e. The lowest BCUT2D eigenvalue weighted by Gasteiger charge is -2.07. The number of methoxy groups -OCH3 is 1. The number of hydrogen-bond acceptors (Lipinski definition) is 3. The summed E-state index contributed by atoms with van der Waals surface area (Å²) in [4.78, 5) is 12.1. The van der Waals surface area contributed by atoms with Gasteiger partial charge in [-0.1, -0.05) is 6.92 Å². The van der Waals surface area contributed by atoms with Crippen LogP contribution in [0.5, 0.6) is 5.75 Å². The van der Waals surface area contributed by atoms with Crippen molar-refractivity contribution in [2.45, 2.75) is 13.3 Å². The molecule has 19 heavy (non-hydrogen) atoms. The average Bonchev–Trinajstić information content (AvgIpc) is 2.85. The lowest BCUT2D eigenvalue weighted by atomic mass is 10.2. The number of hydrogen-bond donors (Lipinski definition) is 2. The summed E-state index contributed by atoms with van der Waals surface area (Å²) in [6.07, 6.45) is 2.51. The summed E-state index contributed by atoms with van der Waals surface area (Å²) in [7, 11) is 1.58. The third-order valence-corrected chi connectivity index (χ3v) is 3.37. The molecule has 0 aliphatic heterocycles. The summed E-state index contributed by atoms with van der Waals surface area (Å²) >= 11 is 3.36. The highest BCUT2D eigenvalue weighted by atomic mass is 79.9. The van der Waals surface area contributed by atoms with Gasteiger partial charge in [-0.2, -0.15) is 5.10 Å². The van der Waals surface area contributed by atoms with Crippen LogP contribution in [0.1, 0.15) is 22.8 Å². The van der Waals surface area contributed by atoms with Crippen molar-refractivity contribution in [2.24, 2.45) is 0 Å². The van der Waals surface area contributed by atoms with Gasteiger partial charge in [-0.3, -0.25) is 9.89 Å². The molecule has 1 aromatic heterocycles. The third kappa shape index (κ3) is 2.96. The maximum absolute atomic E-state index is 12.1. The average molecular weight is 324 g/mol. The molecule has 2 N–H and O–H groups in total. The summed E-state index contributed by atoms with van der Waals surface area (Å²) in [6, 6.07) is 5.17. The molecule has 0 fully saturated rings. The molecule has 0 bridgehead atoms. The van der Waals surface area contributed by atoms with Crippen LogP contribution in [0.3, 0.4) is 0 Å². The molecule has 6 heteroatoms. The van der Waals surface area contributed by atoms with Crippen LogP contribution >= 0.6 is 15.9 Å². The van der Waals surface area contributed by atoms with Crippen LogP contribution in [0.15, 0.2) is 28.9 Å². The minimum absolute atomic E-state index is 0.192. The number of halogens is 1. The Morgan fingerprint density at radius 1 is 1.53 bits per heavy atom.